The normalized spacial score (nSPS) is 11.4. The molecule has 0 aliphatic heterocycles. The van der Waals surface area contributed by atoms with Crippen LogP contribution in [0.5, 0.6) is 0 Å². The van der Waals surface area contributed by atoms with Gasteiger partial charge in [0.2, 0.25) is 0 Å². The topological polar surface area (TPSA) is 83.1 Å². The van der Waals surface area contributed by atoms with E-state index in [1.54, 1.807) is 18.5 Å². The van der Waals surface area contributed by atoms with E-state index in [1.165, 1.54) is 12.1 Å². The molecule has 5 aromatic heterocycles. The van der Waals surface area contributed by atoms with E-state index in [0.29, 0.717) is 11.4 Å². The van der Waals surface area contributed by atoms with Gasteiger partial charge in [-0.15, -0.1) is 0 Å². The SMILES string of the molecule is Fc1cccc(-c2nccc3[nH]c(-c4n[nH]c5ccc(-c6ccccn6)nc45)cc23)c1. The van der Waals surface area contributed by atoms with E-state index in [0.717, 1.165) is 44.6 Å². The summed E-state index contributed by atoms with van der Waals surface area (Å²) in [6.45, 7) is 0. The maximum atomic E-state index is 13.8. The number of nitrogens with zero attached hydrogens (tertiary/aromatic N) is 4. The third-order valence-corrected chi connectivity index (χ3v) is 5.24. The van der Waals surface area contributed by atoms with Crippen molar-refractivity contribution in [3.63, 3.8) is 0 Å². The van der Waals surface area contributed by atoms with E-state index < -0.39 is 0 Å². The van der Waals surface area contributed by atoms with Gasteiger partial charge in [-0.25, -0.2) is 9.37 Å². The average molecular weight is 406 g/mol. The summed E-state index contributed by atoms with van der Waals surface area (Å²) >= 11 is 0. The van der Waals surface area contributed by atoms with Crippen LogP contribution in [-0.2, 0) is 0 Å². The van der Waals surface area contributed by atoms with Crippen molar-refractivity contribution in [3.8, 4) is 34.0 Å². The molecule has 0 radical (unpaired) electrons. The Balaban J connectivity index is 1.52. The van der Waals surface area contributed by atoms with Crippen molar-refractivity contribution >= 4 is 21.9 Å². The van der Waals surface area contributed by atoms with Gasteiger partial charge in [0.05, 0.1) is 28.3 Å². The quantitative estimate of drug-likeness (QED) is 0.414. The van der Waals surface area contributed by atoms with Gasteiger partial charge in [0.1, 0.15) is 17.0 Å². The van der Waals surface area contributed by atoms with E-state index in [2.05, 4.69) is 25.1 Å². The molecule has 0 atom stereocenters. The Kier molecular flexibility index (Phi) is 3.86. The molecule has 5 heterocycles. The molecule has 6 aromatic rings. The number of aromatic amines is 2. The van der Waals surface area contributed by atoms with Crippen LogP contribution in [-0.4, -0.2) is 30.1 Å². The first kappa shape index (κ1) is 17.5. The Morgan fingerprint density at radius 3 is 2.58 bits per heavy atom. The van der Waals surface area contributed by atoms with E-state index in [-0.39, 0.29) is 5.82 Å². The molecule has 0 unspecified atom stereocenters. The zero-order valence-electron chi connectivity index (χ0n) is 16.2. The maximum absolute atomic E-state index is 13.8. The van der Waals surface area contributed by atoms with Crippen molar-refractivity contribution in [2.75, 3.05) is 0 Å². The zero-order chi connectivity index (χ0) is 20.8. The predicted octanol–water partition coefficient (Wildman–Crippen LogP) is 5.37. The number of pyridine rings is 3. The molecule has 0 bridgehead atoms. The van der Waals surface area contributed by atoms with Crippen LogP contribution in [0, 0.1) is 5.82 Å². The lowest BCUT2D eigenvalue weighted by atomic mass is 10.1. The van der Waals surface area contributed by atoms with Gasteiger partial charge in [-0.2, -0.15) is 5.10 Å². The Hall–Kier alpha value is -4.39. The van der Waals surface area contributed by atoms with Gasteiger partial charge in [-0.1, -0.05) is 18.2 Å². The molecular weight excluding hydrogens is 391 g/mol. The standard InChI is InChI=1S/C24H15FN6/c25-15-5-3-4-14(12-15)22-16-13-21(28-17(16)9-11-27-22)24-23-20(30-31-24)8-7-19(29-23)18-6-1-2-10-26-18/h1-13,28H,(H,30,31). The van der Waals surface area contributed by atoms with Gasteiger partial charge < -0.3 is 4.98 Å². The van der Waals surface area contributed by atoms with Crippen molar-refractivity contribution in [3.05, 3.63) is 84.9 Å². The van der Waals surface area contributed by atoms with E-state index in [9.17, 15) is 4.39 Å². The van der Waals surface area contributed by atoms with Crippen molar-refractivity contribution in [2.45, 2.75) is 0 Å². The molecule has 7 heteroatoms. The minimum Gasteiger partial charge on any atom is -0.353 e. The van der Waals surface area contributed by atoms with Crippen LogP contribution in [0.4, 0.5) is 4.39 Å². The Labute approximate surface area is 175 Å². The van der Waals surface area contributed by atoms with Gasteiger partial charge in [0.25, 0.3) is 0 Å². The monoisotopic (exact) mass is 406 g/mol. The largest absolute Gasteiger partial charge is 0.353 e. The highest BCUT2D eigenvalue weighted by Crippen LogP contribution is 2.33. The second-order valence-electron chi connectivity index (χ2n) is 7.19. The fourth-order valence-corrected chi connectivity index (χ4v) is 3.79. The van der Waals surface area contributed by atoms with Crippen LogP contribution in [0.3, 0.4) is 0 Å². The molecule has 6 nitrogen and oxygen atoms in total. The molecule has 31 heavy (non-hydrogen) atoms. The summed E-state index contributed by atoms with van der Waals surface area (Å²) in [5.41, 5.74) is 6.97. The lowest BCUT2D eigenvalue weighted by Crippen LogP contribution is -1.87. The number of hydrogen-bond donors (Lipinski definition) is 2. The molecule has 0 fully saturated rings. The van der Waals surface area contributed by atoms with Gasteiger partial charge in [0, 0.05) is 28.9 Å². The van der Waals surface area contributed by atoms with Crippen molar-refractivity contribution in [1.29, 1.82) is 0 Å². The molecule has 0 aliphatic rings. The van der Waals surface area contributed by atoms with Crippen LogP contribution in [0.15, 0.2) is 79.1 Å². The molecule has 1 aromatic carbocycles. The van der Waals surface area contributed by atoms with Crippen LogP contribution in [0.25, 0.3) is 56.0 Å². The van der Waals surface area contributed by atoms with Crippen LogP contribution < -0.4 is 0 Å². The first-order valence-electron chi connectivity index (χ1n) is 9.77. The average Bonchev–Trinajstić information content (AvgIpc) is 3.43. The van der Waals surface area contributed by atoms with E-state index >= 15 is 0 Å². The van der Waals surface area contributed by atoms with Gasteiger partial charge in [-0.3, -0.25) is 15.1 Å². The third kappa shape index (κ3) is 2.95. The number of fused-ring (bicyclic) bond motifs is 2. The fraction of sp³-hybridized carbons (Fsp3) is 0. The molecule has 148 valence electrons. The number of halogens is 1. The lowest BCUT2D eigenvalue weighted by Gasteiger charge is -2.02. The number of rotatable bonds is 3. The summed E-state index contributed by atoms with van der Waals surface area (Å²) in [4.78, 5) is 17.1. The Morgan fingerprint density at radius 1 is 0.742 bits per heavy atom. The minimum absolute atomic E-state index is 0.295. The van der Waals surface area contributed by atoms with Crippen molar-refractivity contribution in [2.24, 2.45) is 0 Å². The lowest BCUT2D eigenvalue weighted by molar-refractivity contribution is 0.628. The molecule has 6 rings (SSSR count). The van der Waals surface area contributed by atoms with E-state index in [4.69, 9.17) is 4.98 Å². The summed E-state index contributed by atoms with van der Waals surface area (Å²) in [7, 11) is 0. The summed E-state index contributed by atoms with van der Waals surface area (Å²) in [6.07, 6.45) is 3.46. The molecular formula is C24H15FN6. The number of nitrogens with one attached hydrogen (secondary N) is 2. The number of H-pyrrole nitrogens is 2. The maximum Gasteiger partial charge on any atom is 0.135 e. The van der Waals surface area contributed by atoms with Crippen LogP contribution in [0.2, 0.25) is 0 Å². The highest BCUT2D eigenvalue weighted by atomic mass is 19.1. The first-order chi connectivity index (χ1) is 15.3. The molecule has 0 amide bonds. The number of aromatic nitrogens is 6. The first-order valence-corrected chi connectivity index (χ1v) is 9.77. The summed E-state index contributed by atoms with van der Waals surface area (Å²) in [6, 6.07) is 19.9. The van der Waals surface area contributed by atoms with Crippen LogP contribution in [0.1, 0.15) is 0 Å². The molecule has 0 saturated carbocycles. The Bertz CT molecular complexity index is 1550. The third-order valence-electron chi connectivity index (χ3n) is 5.24. The summed E-state index contributed by atoms with van der Waals surface area (Å²) in [5, 5.41) is 8.43. The number of hydrogen-bond acceptors (Lipinski definition) is 4. The van der Waals surface area contributed by atoms with Gasteiger partial charge in [0.15, 0.2) is 0 Å². The van der Waals surface area contributed by atoms with Gasteiger partial charge in [-0.05, 0) is 48.5 Å². The van der Waals surface area contributed by atoms with E-state index in [1.807, 2.05) is 48.5 Å². The van der Waals surface area contributed by atoms with Crippen molar-refractivity contribution in [1.82, 2.24) is 30.1 Å². The summed E-state index contributed by atoms with van der Waals surface area (Å²) < 4.78 is 13.8. The molecule has 0 spiro atoms. The second kappa shape index (κ2) is 6.84. The zero-order valence-corrected chi connectivity index (χ0v) is 16.2. The highest BCUT2D eigenvalue weighted by molar-refractivity contribution is 5.99. The molecule has 2 N–H and O–H groups in total. The number of benzene rings is 1. The smallest absolute Gasteiger partial charge is 0.135 e. The van der Waals surface area contributed by atoms with Gasteiger partial charge >= 0.3 is 0 Å². The highest BCUT2D eigenvalue weighted by Gasteiger charge is 2.16. The minimum atomic E-state index is -0.295. The molecule has 0 saturated heterocycles. The predicted molar refractivity (Wildman–Crippen MR) is 118 cm³/mol. The van der Waals surface area contributed by atoms with Crippen molar-refractivity contribution < 1.29 is 4.39 Å². The van der Waals surface area contributed by atoms with Crippen LogP contribution >= 0.6 is 0 Å². The second-order valence-corrected chi connectivity index (χ2v) is 7.19. The summed E-state index contributed by atoms with van der Waals surface area (Å²) in [5.74, 6) is -0.295. The Morgan fingerprint density at radius 2 is 1.71 bits per heavy atom. The fourth-order valence-electron chi connectivity index (χ4n) is 3.79. The molecule has 0 aliphatic carbocycles.